The summed E-state index contributed by atoms with van der Waals surface area (Å²) in [5, 5.41) is 0. The fraction of sp³-hybridized carbons (Fsp3) is 0.500. The summed E-state index contributed by atoms with van der Waals surface area (Å²) in [7, 11) is 1.70. The lowest BCUT2D eigenvalue weighted by Gasteiger charge is -2.13. The molecule has 2 heteroatoms. The Kier molecular flexibility index (Phi) is 4.46. The monoisotopic (exact) mass is 256 g/mol. The molecule has 14 heavy (non-hydrogen) atoms. The van der Waals surface area contributed by atoms with Crippen molar-refractivity contribution in [2.45, 2.75) is 25.1 Å². The first kappa shape index (κ1) is 11.6. The Morgan fingerprint density at radius 3 is 2.64 bits per heavy atom. The molecule has 0 aromatic heterocycles. The Morgan fingerprint density at radius 2 is 2.07 bits per heavy atom. The number of rotatable bonds is 4. The molecule has 0 amide bonds. The van der Waals surface area contributed by atoms with Crippen LogP contribution in [0.15, 0.2) is 24.3 Å². The van der Waals surface area contributed by atoms with Crippen molar-refractivity contribution in [2.75, 3.05) is 7.11 Å². The van der Waals surface area contributed by atoms with Gasteiger partial charge in [-0.05, 0) is 30.0 Å². The minimum absolute atomic E-state index is 0.537. The van der Waals surface area contributed by atoms with Crippen molar-refractivity contribution in [3.8, 4) is 5.75 Å². The van der Waals surface area contributed by atoms with Gasteiger partial charge in [0.2, 0.25) is 0 Å². The van der Waals surface area contributed by atoms with Crippen LogP contribution >= 0.6 is 15.9 Å². The van der Waals surface area contributed by atoms with E-state index >= 15 is 0 Å². The van der Waals surface area contributed by atoms with Crippen molar-refractivity contribution in [3.05, 3.63) is 29.8 Å². The van der Waals surface area contributed by atoms with Gasteiger partial charge in [-0.3, -0.25) is 0 Å². The first-order valence-electron chi connectivity index (χ1n) is 4.90. The highest BCUT2D eigenvalue weighted by molar-refractivity contribution is 9.09. The van der Waals surface area contributed by atoms with Crippen molar-refractivity contribution < 1.29 is 4.74 Å². The molecule has 0 aliphatic heterocycles. The zero-order valence-electron chi connectivity index (χ0n) is 8.96. The molecule has 0 aliphatic rings. The summed E-state index contributed by atoms with van der Waals surface area (Å²) in [6.07, 6.45) is 1.05. The van der Waals surface area contributed by atoms with Crippen molar-refractivity contribution in [2.24, 2.45) is 5.92 Å². The molecule has 78 valence electrons. The van der Waals surface area contributed by atoms with E-state index < -0.39 is 0 Å². The van der Waals surface area contributed by atoms with Crippen molar-refractivity contribution in [1.82, 2.24) is 0 Å². The Bertz CT molecular complexity index is 283. The van der Waals surface area contributed by atoms with Gasteiger partial charge in [0.05, 0.1) is 7.11 Å². The second-order valence-corrected chi connectivity index (χ2v) is 4.99. The molecule has 1 unspecified atom stereocenters. The SMILES string of the molecule is COc1cccc(CC(Br)C(C)C)c1. The predicted molar refractivity (Wildman–Crippen MR) is 64.3 cm³/mol. The van der Waals surface area contributed by atoms with Gasteiger partial charge in [0.25, 0.3) is 0 Å². The van der Waals surface area contributed by atoms with Crippen LogP contribution in [0.3, 0.4) is 0 Å². The van der Waals surface area contributed by atoms with Crippen molar-refractivity contribution >= 4 is 15.9 Å². The van der Waals surface area contributed by atoms with Crippen LogP contribution in [-0.4, -0.2) is 11.9 Å². The molecule has 1 aromatic rings. The third-order valence-electron chi connectivity index (χ3n) is 2.29. The topological polar surface area (TPSA) is 9.23 Å². The van der Waals surface area contributed by atoms with Gasteiger partial charge in [-0.15, -0.1) is 0 Å². The first-order valence-corrected chi connectivity index (χ1v) is 5.82. The fourth-order valence-electron chi connectivity index (χ4n) is 1.26. The van der Waals surface area contributed by atoms with Crippen LogP contribution < -0.4 is 4.74 Å². The standard InChI is InChI=1S/C12H17BrO/c1-9(2)12(13)8-10-5-4-6-11(7-10)14-3/h4-7,9,12H,8H2,1-3H3. The quantitative estimate of drug-likeness (QED) is 0.748. The van der Waals surface area contributed by atoms with E-state index in [4.69, 9.17) is 4.74 Å². The highest BCUT2D eigenvalue weighted by Crippen LogP contribution is 2.20. The lowest BCUT2D eigenvalue weighted by atomic mass is 10.0. The second kappa shape index (κ2) is 5.40. The van der Waals surface area contributed by atoms with Crippen molar-refractivity contribution in [3.63, 3.8) is 0 Å². The van der Waals surface area contributed by atoms with E-state index in [0.29, 0.717) is 10.7 Å². The normalized spacial score (nSPS) is 12.9. The smallest absolute Gasteiger partial charge is 0.119 e. The van der Waals surface area contributed by atoms with Crippen LogP contribution in [0.25, 0.3) is 0 Å². The molecule has 0 N–H and O–H groups in total. The van der Waals surface area contributed by atoms with Crippen LogP contribution in [0, 0.1) is 5.92 Å². The summed E-state index contributed by atoms with van der Waals surface area (Å²) < 4.78 is 5.18. The Balaban J connectivity index is 2.66. The molecule has 0 aliphatic carbocycles. The molecule has 0 spiro atoms. The second-order valence-electron chi connectivity index (χ2n) is 3.82. The molecule has 0 saturated carbocycles. The maximum atomic E-state index is 5.18. The fourth-order valence-corrected chi connectivity index (χ4v) is 1.63. The van der Waals surface area contributed by atoms with Crippen LogP contribution in [0.1, 0.15) is 19.4 Å². The molecule has 0 saturated heterocycles. The summed E-state index contributed by atoms with van der Waals surface area (Å²) >= 11 is 3.68. The highest BCUT2D eigenvalue weighted by atomic mass is 79.9. The molecule has 0 radical (unpaired) electrons. The van der Waals surface area contributed by atoms with Gasteiger partial charge in [0, 0.05) is 4.83 Å². The largest absolute Gasteiger partial charge is 0.497 e. The summed E-state index contributed by atoms with van der Waals surface area (Å²) in [6, 6.07) is 8.24. The Hall–Kier alpha value is -0.500. The number of ether oxygens (including phenoxy) is 1. The van der Waals surface area contributed by atoms with E-state index in [9.17, 15) is 0 Å². The van der Waals surface area contributed by atoms with Gasteiger partial charge in [-0.1, -0.05) is 41.9 Å². The highest BCUT2D eigenvalue weighted by Gasteiger charge is 2.09. The minimum atomic E-state index is 0.537. The number of benzene rings is 1. The van der Waals surface area contributed by atoms with Gasteiger partial charge in [-0.2, -0.15) is 0 Å². The lowest BCUT2D eigenvalue weighted by Crippen LogP contribution is -2.10. The maximum absolute atomic E-state index is 5.18. The first-order chi connectivity index (χ1) is 6.63. The number of hydrogen-bond donors (Lipinski definition) is 0. The molecule has 1 rings (SSSR count). The zero-order valence-corrected chi connectivity index (χ0v) is 10.5. The molecule has 0 heterocycles. The molecular weight excluding hydrogens is 240 g/mol. The van der Waals surface area contributed by atoms with Gasteiger partial charge >= 0.3 is 0 Å². The van der Waals surface area contributed by atoms with Gasteiger partial charge in [0.15, 0.2) is 0 Å². The Morgan fingerprint density at radius 1 is 1.36 bits per heavy atom. The van der Waals surface area contributed by atoms with Crippen LogP contribution in [0.5, 0.6) is 5.75 Å². The van der Waals surface area contributed by atoms with E-state index in [1.54, 1.807) is 7.11 Å². The lowest BCUT2D eigenvalue weighted by molar-refractivity contribution is 0.414. The van der Waals surface area contributed by atoms with Crippen LogP contribution in [0.4, 0.5) is 0 Å². The van der Waals surface area contributed by atoms with Gasteiger partial charge in [-0.25, -0.2) is 0 Å². The Labute approximate surface area is 94.6 Å². The van der Waals surface area contributed by atoms with Gasteiger partial charge < -0.3 is 4.74 Å². The molecular formula is C12H17BrO. The molecule has 1 atom stereocenters. The molecule has 1 aromatic carbocycles. The minimum Gasteiger partial charge on any atom is -0.497 e. The zero-order chi connectivity index (χ0) is 10.6. The van der Waals surface area contributed by atoms with E-state index in [0.717, 1.165) is 12.2 Å². The summed E-state index contributed by atoms with van der Waals surface area (Å²) in [4.78, 5) is 0.537. The predicted octanol–water partition coefficient (Wildman–Crippen LogP) is 3.66. The molecule has 0 bridgehead atoms. The van der Waals surface area contributed by atoms with E-state index in [1.165, 1.54) is 5.56 Å². The van der Waals surface area contributed by atoms with E-state index in [-0.39, 0.29) is 0 Å². The third kappa shape index (κ3) is 3.33. The van der Waals surface area contributed by atoms with Crippen molar-refractivity contribution in [1.29, 1.82) is 0 Å². The summed E-state index contributed by atoms with van der Waals surface area (Å²) in [5.41, 5.74) is 1.32. The van der Waals surface area contributed by atoms with Gasteiger partial charge in [0.1, 0.15) is 5.75 Å². The van der Waals surface area contributed by atoms with Crippen LogP contribution in [-0.2, 0) is 6.42 Å². The number of alkyl halides is 1. The van der Waals surface area contributed by atoms with E-state index in [2.05, 4.69) is 41.9 Å². The third-order valence-corrected chi connectivity index (χ3v) is 3.67. The molecule has 1 nitrogen and oxygen atoms in total. The number of methoxy groups -OCH3 is 1. The van der Waals surface area contributed by atoms with Crippen LogP contribution in [0.2, 0.25) is 0 Å². The summed E-state index contributed by atoms with van der Waals surface area (Å²) in [6.45, 7) is 4.44. The average molecular weight is 257 g/mol. The maximum Gasteiger partial charge on any atom is 0.119 e. The number of hydrogen-bond acceptors (Lipinski definition) is 1. The number of halogens is 1. The average Bonchev–Trinajstić information content (AvgIpc) is 2.18. The van der Waals surface area contributed by atoms with E-state index in [1.807, 2.05) is 12.1 Å². The summed E-state index contributed by atoms with van der Waals surface area (Å²) in [5.74, 6) is 1.59. The molecule has 0 fully saturated rings.